The highest BCUT2D eigenvalue weighted by atomic mass is 16.5. The van der Waals surface area contributed by atoms with Crippen LogP contribution in [-0.4, -0.2) is 24.7 Å². The molecule has 2 aromatic carbocycles. The highest BCUT2D eigenvalue weighted by molar-refractivity contribution is 6.31. The van der Waals surface area contributed by atoms with Crippen LogP contribution in [0.2, 0.25) is 0 Å². The molecule has 0 radical (unpaired) electrons. The number of ketones is 2. The molecule has 0 saturated carbocycles. The second-order valence-corrected chi connectivity index (χ2v) is 5.57. The molecule has 0 bridgehead atoms. The van der Waals surface area contributed by atoms with Crippen molar-refractivity contribution in [1.29, 1.82) is 0 Å². The first-order chi connectivity index (χ1) is 10.5. The average Bonchev–Trinajstić information content (AvgIpc) is 2.51. The van der Waals surface area contributed by atoms with Crippen LogP contribution in [0.5, 0.6) is 5.75 Å². The Morgan fingerprint density at radius 3 is 2.05 bits per heavy atom. The molecule has 0 heterocycles. The van der Waals surface area contributed by atoms with Crippen LogP contribution < -0.4 is 10.1 Å². The molecule has 22 heavy (non-hydrogen) atoms. The molecule has 0 fully saturated rings. The Morgan fingerprint density at radius 2 is 1.50 bits per heavy atom. The first-order valence-electron chi connectivity index (χ1n) is 7.20. The summed E-state index contributed by atoms with van der Waals surface area (Å²) in [5, 5.41) is 3.24. The zero-order valence-corrected chi connectivity index (χ0v) is 12.8. The van der Waals surface area contributed by atoms with Crippen LogP contribution in [0.25, 0.3) is 0 Å². The quantitative estimate of drug-likeness (QED) is 0.805. The summed E-state index contributed by atoms with van der Waals surface area (Å²) in [6, 6.07) is 10.6. The first-order valence-corrected chi connectivity index (χ1v) is 7.20. The lowest BCUT2D eigenvalue weighted by Gasteiger charge is -2.23. The maximum atomic E-state index is 12.9. The van der Waals surface area contributed by atoms with Crippen molar-refractivity contribution in [3.05, 3.63) is 58.7 Å². The van der Waals surface area contributed by atoms with E-state index in [0.717, 1.165) is 0 Å². The van der Waals surface area contributed by atoms with Crippen molar-refractivity contribution in [3.8, 4) is 5.75 Å². The maximum Gasteiger partial charge on any atom is 0.198 e. The SMILES string of the molecule is COc1ccc(NC(C)C)c2c1C(=O)c1ccccc1C2=O. The molecular formula is C18H17NO3. The number of hydrogen-bond donors (Lipinski definition) is 1. The minimum absolute atomic E-state index is 0.146. The molecule has 4 heteroatoms. The molecule has 4 nitrogen and oxygen atoms in total. The Kier molecular flexibility index (Phi) is 3.45. The highest BCUT2D eigenvalue weighted by Gasteiger charge is 2.34. The molecule has 1 aliphatic carbocycles. The summed E-state index contributed by atoms with van der Waals surface area (Å²) in [4.78, 5) is 25.7. The summed E-state index contributed by atoms with van der Waals surface area (Å²) in [6.07, 6.45) is 0. The average molecular weight is 295 g/mol. The minimum atomic E-state index is -0.172. The Morgan fingerprint density at radius 1 is 0.909 bits per heavy atom. The van der Waals surface area contributed by atoms with Crippen molar-refractivity contribution in [1.82, 2.24) is 0 Å². The molecule has 0 aliphatic heterocycles. The van der Waals surface area contributed by atoms with Gasteiger partial charge in [-0.15, -0.1) is 0 Å². The van der Waals surface area contributed by atoms with Crippen LogP contribution in [0.4, 0.5) is 5.69 Å². The Bertz CT molecular complexity index is 778. The third-order valence-corrected chi connectivity index (χ3v) is 3.70. The van der Waals surface area contributed by atoms with E-state index < -0.39 is 0 Å². The fourth-order valence-electron chi connectivity index (χ4n) is 2.79. The van der Waals surface area contributed by atoms with Crippen molar-refractivity contribution >= 4 is 17.3 Å². The second-order valence-electron chi connectivity index (χ2n) is 5.57. The van der Waals surface area contributed by atoms with Gasteiger partial charge in [-0.1, -0.05) is 24.3 Å². The van der Waals surface area contributed by atoms with Gasteiger partial charge in [-0.3, -0.25) is 9.59 Å². The summed E-state index contributed by atoms with van der Waals surface area (Å²) in [5.74, 6) is 0.110. The first kappa shape index (κ1) is 14.3. The van der Waals surface area contributed by atoms with Crippen LogP contribution in [0, 0.1) is 0 Å². The number of hydrogen-bond acceptors (Lipinski definition) is 4. The smallest absolute Gasteiger partial charge is 0.198 e. The van der Waals surface area contributed by atoms with Gasteiger partial charge >= 0.3 is 0 Å². The van der Waals surface area contributed by atoms with Gasteiger partial charge in [0.2, 0.25) is 0 Å². The van der Waals surface area contributed by atoms with Gasteiger partial charge in [0.25, 0.3) is 0 Å². The molecule has 0 aromatic heterocycles. The van der Waals surface area contributed by atoms with Crippen molar-refractivity contribution in [2.45, 2.75) is 19.9 Å². The lowest BCUT2D eigenvalue weighted by Crippen LogP contribution is -2.24. The van der Waals surface area contributed by atoms with E-state index in [2.05, 4.69) is 5.32 Å². The molecule has 1 aliphatic rings. The van der Waals surface area contributed by atoms with E-state index in [1.165, 1.54) is 7.11 Å². The number of nitrogens with one attached hydrogen (secondary N) is 1. The molecule has 0 unspecified atom stereocenters. The zero-order chi connectivity index (χ0) is 15.9. The standard InChI is InChI=1S/C18H17NO3/c1-10(2)19-13-8-9-14(22-3)16-15(13)17(20)11-6-4-5-7-12(11)18(16)21/h4-10,19H,1-3H3. The van der Waals surface area contributed by atoms with Crippen LogP contribution in [-0.2, 0) is 0 Å². The predicted octanol–water partition coefficient (Wildman–Crippen LogP) is 3.29. The Hall–Kier alpha value is -2.62. The highest BCUT2D eigenvalue weighted by Crippen LogP contribution is 2.37. The second kappa shape index (κ2) is 5.30. The van der Waals surface area contributed by atoms with Gasteiger partial charge in [-0.25, -0.2) is 0 Å². The van der Waals surface area contributed by atoms with Gasteiger partial charge in [0.15, 0.2) is 11.6 Å². The number of anilines is 1. The lowest BCUT2D eigenvalue weighted by atomic mass is 9.82. The van der Waals surface area contributed by atoms with E-state index in [0.29, 0.717) is 33.7 Å². The summed E-state index contributed by atoms with van der Waals surface area (Å²) in [5.41, 5.74) is 2.28. The van der Waals surface area contributed by atoms with E-state index in [1.807, 2.05) is 13.8 Å². The number of ether oxygens (including phenoxy) is 1. The van der Waals surface area contributed by atoms with E-state index in [4.69, 9.17) is 4.74 Å². The van der Waals surface area contributed by atoms with E-state index in [-0.39, 0.29) is 17.6 Å². The third-order valence-electron chi connectivity index (χ3n) is 3.70. The van der Waals surface area contributed by atoms with Gasteiger partial charge in [0, 0.05) is 22.9 Å². The predicted molar refractivity (Wildman–Crippen MR) is 85.1 cm³/mol. The molecule has 0 atom stereocenters. The van der Waals surface area contributed by atoms with Gasteiger partial charge in [-0.2, -0.15) is 0 Å². The molecule has 0 spiro atoms. The number of fused-ring (bicyclic) bond motifs is 2. The number of methoxy groups -OCH3 is 1. The van der Waals surface area contributed by atoms with Gasteiger partial charge < -0.3 is 10.1 Å². The minimum Gasteiger partial charge on any atom is -0.496 e. The van der Waals surface area contributed by atoms with E-state index in [1.54, 1.807) is 36.4 Å². The number of carbonyl (C=O) groups is 2. The van der Waals surface area contributed by atoms with E-state index in [9.17, 15) is 9.59 Å². The molecule has 3 rings (SSSR count). The van der Waals surface area contributed by atoms with Crippen LogP contribution in [0.15, 0.2) is 36.4 Å². The lowest BCUT2D eigenvalue weighted by molar-refractivity contribution is 0.0977. The molecule has 112 valence electrons. The molecule has 2 aromatic rings. The van der Waals surface area contributed by atoms with Crippen LogP contribution in [0.1, 0.15) is 45.7 Å². The summed E-state index contributed by atoms with van der Waals surface area (Å²) in [6.45, 7) is 3.97. The normalized spacial score (nSPS) is 12.9. The number of rotatable bonds is 3. The maximum absolute atomic E-state index is 12.9. The largest absolute Gasteiger partial charge is 0.496 e. The summed E-state index contributed by atoms with van der Waals surface area (Å²) in [7, 11) is 1.50. The Labute approximate surface area is 129 Å². The topological polar surface area (TPSA) is 55.4 Å². The monoisotopic (exact) mass is 295 g/mol. The summed E-state index contributed by atoms with van der Waals surface area (Å²) < 4.78 is 5.31. The van der Waals surface area contributed by atoms with Crippen molar-refractivity contribution < 1.29 is 14.3 Å². The summed E-state index contributed by atoms with van der Waals surface area (Å²) >= 11 is 0. The fraction of sp³-hybridized carbons (Fsp3) is 0.222. The molecular weight excluding hydrogens is 278 g/mol. The zero-order valence-electron chi connectivity index (χ0n) is 12.8. The number of carbonyl (C=O) groups excluding carboxylic acids is 2. The van der Waals surface area contributed by atoms with Gasteiger partial charge in [0.1, 0.15) is 5.75 Å². The van der Waals surface area contributed by atoms with Gasteiger partial charge in [0.05, 0.1) is 18.2 Å². The van der Waals surface area contributed by atoms with Crippen molar-refractivity contribution in [2.24, 2.45) is 0 Å². The van der Waals surface area contributed by atoms with Crippen LogP contribution in [0.3, 0.4) is 0 Å². The molecule has 0 amide bonds. The third kappa shape index (κ3) is 2.08. The van der Waals surface area contributed by atoms with Crippen molar-refractivity contribution in [2.75, 3.05) is 12.4 Å². The van der Waals surface area contributed by atoms with E-state index >= 15 is 0 Å². The molecule has 1 N–H and O–H groups in total. The Balaban J connectivity index is 2.30. The van der Waals surface area contributed by atoms with Gasteiger partial charge in [-0.05, 0) is 26.0 Å². The fourth-order valence-corrected chi connectivity index (χ4v) is 2.79. The molecule has 0 saturated heterocycles. The van der Waals surface area contributed by atoms with Crippen LogP contribution >= 0.6 is 0 Å². The van der Waals surface area contributed by atoms with Crippen molar-refractivity contribution in [3.63, 3.8) is 0 Å². The number of benzene rings is 2.